The number of hydrogen-bond acceptors (Lipinski definition) is 7. The first-order chi connectivity index (χ1) is 17.2. The minimum absolute atomic E-state index is 0.00721. The normalized spacial score (nSPS) is 22.3. The van der Waals surface area contributed by atoms with Crippen LogP contribution in [0.4, 0.5) is 19.0 Å². The third kappa shape index (κ3) is 5.99. The molecular weight excluding hydrogens is 511 g/mol. The number of alkyl halides is 3. The van der Waals surface area contributed by atoms with Crippen molar-refractivity contribution in [1.82, 2.24) is 14.0 Å². The lowest BCUT2D eigenvalue weighted by Crippen LogP contribution is -2.44. The smallest absolute Gasteiger partial charge is 0.405 e. The number of nitrogens with one attached hydrogen (secondary N) is 1. The van der Waals surface area contributed by atoms with Crippen LogP contribution in [0.25, 0.3) is 11.3 Å². The van der Waals surface area contributed by atoms with Gasteiger partial charge in [-0.15, -0.1) is 13.2 Å². The van der Waals surface area contributed by atoms with E-state index >= 15 is 0 Å². The molecule has 4 rings (SSSR count). The number of nitrogens with zero attached hydrogens (tertiary/aromatic N) is 3. The lowest BCUT2D eigenvalue weighted by molar-refractivity contribution is -0.274. The van der Waals surface area contributed by atoms with Crippen molar-refractivity contribution < 1.29 is 31.1 Å². The Morgan fingerprint density at radius 1 is 1.19 bits per heavy atom. The van der Waals surface area contributed by atoms with Crippen LogP contribution in [0.1, 0.15) is 44.0 Å². The molecule has 2 saturated heterocycles. The van der Waals surface area contributed by atoms with Gasteiger partial charge in [0, 0.05) is 36.8 Å². The van der Waals surface area contributed by atoms with E-state index in [1.807, 2.05) is 25.7 Å². The second-order valence-electron chi connectivity index (χ2n) is 10.2. The molecule has 0 spiro atoms. The molecule has 0 saturated carbocycles. The first-order valence-electron chi connectivity index (χ1n) is 11.9. The van der Waals surface area contributed by atoms with Gasteiger partial charge in [0.05, 0.1) is 11.3 Å². The van der Waals surface area contributed by atoms with Gasteiger partial charge in [-0.05, 0) is 56.9 Å². The molecule has 0 bridgehead atoms. The minimum Gasteiger partial charge on any atom is -0.405 e. The van der Waals surface area contributed by atoms with Crippen LogP contribution in [-0.4, -0.2) is 61.2 Å². The van der Waals surface area contributed by atoms with Crippen molar-refractivity contribution in [2.45, 2.75) is 51.6 Å². The van der Waals surface area contributed by atoms with Crippen molar-refractivity contribution in [3.8, 4) is 17.0 Å². The van der Waals surface area contributed by atoms with E-state index < -0.39 is 33.8 Å². The van der Waals surface area contributed by atoms with E-state index in [4.69, 9.17) is 5.73 Å². The summed E-state index contributed by atoms with van der Waals surface area (Å²) >= 11 is 0. The summed E-state index contributed by atoms with van der Waals surface area (Å²) < 4.78 is 72.1. The van der Waals surface area contributed by atoms with Gasteiger partial charge >= 0.3 is 16.6 Å². The predicted molar refractivity (Wildman–Crippen MR) is 132 cm³/mol. The molecule has 2 aliphatic rings. The number of hydrogen-bond donors (Lipinski definition) is 2. The van der Waals surface area contributed by atoms with Crippen LogP contribution >= 0.6 is 0 Å². The highest BCUT2D eigenvalue weighted by Crippen LogP contribution is 2.40. The first kappa shape index (κ1) is 27.1. The molecule has 1 aromatic heterocycles. The van der Waals surface area contributed by atoms with E-state index in [0.29, 0.717) is 13.0 Å². The molecule has 2 aromatic rings. The van der Waals surface area contributed by atoms with Crippen LogP contribution < -0.4 is 20.1 Å². The Kier molecular flexibility index (Phi) is 7.16. The summed E-state index contributed by atoms with van der Waals surface area (Å²) in [7, 11) is -4.15. The third-order valence-electron chi connectivity index (χ3n) is 6.59. The summed E-state index contributed by atoms with van der Waals surface area (Å²) in [4.78, 5) is 19.8. The Hall–Kier alpha value is -2.90. The minimum atomic E-state index is -4.91. The van der Waals surface area contributed by atoms with E-state index in [9.17, 15) is 26.4 Å². The number of nitrogens with two attached hydrogens (primary N) is 1. The molecule has 0 unspecified atom stereocenters. The highest BCUT2D eigenvalue weighted by Gasteiger charge is 2.40. The summed E-state index contributed by atoms with van der Waals surface area (Å²) in [6.07, 6.45) is -3.65. The number of aromatic nitrogens is 1. The summed E-state index contributed by atoms with van der Waals surface area (Å²) in [5.74, 6) is -0.899. The SMILES string of the molecule is C[C@@H]1CN(c2nc(-c3ccccc3OC(F)(F)F)ccc2C(=O)NS(=O)(=O)N2CC[C@H](N)C2)C(C)(C)C1. The quantitative estimate of drug-likeness (QED) is 0.576. The van der Waals surface area contributed by atoms with Gasteiger partial charge in [-0.2, -0.15) is 12.7 Å². The molecule has 1 aromatic carbocycles. The highest BCUT2D eigenvalue weighted by atomic mass is 32.2. The monoisotopic (exact) mass is 541 g/mol. The van der Waals surface area contributed by atoms with E-state index in [1.54, 1.807) is 6.07 Å². The summed E-state index contributed by atoms with van der Waals surface area (Å²) in [5.41, 5.74) is 5.60. The topological polar surface area (TPSA) is 118 Å². The van der Waals surface area contributed by atoms with Gasteiger partial charge in [0.25, 0.3) is 5.91 Å². The maximum atomic E-state index is 13.3. The van der Waals surface area contributed by atoms with Gasteiger partial charge in [-0.1, -0.05) is 19.1 Å². The lowest BCUT2D eigenvalue weighted by atomic mass is 9.97. The van der Waals surface area contributed by atoms with Gasteiger partial charge in [-0.3, -0.25) is 4.79 Å². The van der Waals surface area contributed by atoms with Crippen molar-refractivity contribution in [3.63, 3.8) is 0 Å². The van der Waals surface area contributed by atoms with Crippen molar-refractivity contribution >= 4 is 21.9 Å². The van der Waals surface area contributed by atoms with Crippen LogP contribution in [-0.2, 0) is 10.2 Å². The number of pyridine rings is 1. The van der Waals surface area contributed by atoms with Gasteiger partial charge < -0.3 is 15.4 Å². The van der Waals surface area contributed by atoms with Crippen LogP contribution in [0.5, 0.6) is 5.75 Å². The number of para-hydroxylation sites is 1. The Labute approximate surface area is 214 Å². The molecule has 13 heteroatoms. The molecule has 3 N–H and O–H groups in total. The Morgan fingerprint density at radius 3 is 2.49 bits per heavy atom. The number of anilines is 1. The fourth-order valence-electron chi connectivity index (χ4n) is 5.04. The molecule has 3 heterocycles. The highest BCUT2D eigenvalue weighted by molar-refractivity contribution is 7.87. The van der Waals surface area contributed by atoms with E-state index in [-0.39, 0.29) is 47.7 Å². The largest absolute Gasteiger partial charge is 0.573 e. The van der Waals surface area contributed by atoms with Crippen molar-refractivity contribution in [3.05, 3.63) is 42.0 Å². The van der Waals surface area contributed by atoms with Gasteiger partial charge in [0.1, 0.15) is 11.6 Å². The predicted octanol–water partition coefficient (Wildman–Crippen LogP) is 3.28. The molecule has 0 aliphatic carbocycles. The molecule has 9 nitrogen and oxygen atoms in total. The summed E-state index contributed by atoms with van der Waals surface area (Å²) in [6.45, 7) is 6.79. The number of halogens is 3. The molecule has 2 fully saturated rings. The van der Waals surface area contributed by atoms with Crippen molar-refractivity contribution in [2.75, 3.05) is 24.5 Å². The zero-order valence-corrected chi connectivity index (χ0v) is 21.6. The average Bonchev–Trinajstić information content (AvgIpc) is 3.34. The second-order valence-corrected chi connectivity index (χ2v) is 11.9. The lowest BCUT2D eigenvalue weighted by Gasteiger charge is -2.34. The maximum Gasteiger partial charge on any atom is 0.573 e. The third-order valence-corrected chi connectivity index (χ3v) is 8.04. The molecule has 0 radical (unpaired) electrons. The molecule has 1 amide bonds. The maximum absolute atomic E-state index is 13.3. The second kappa shape index (κ2) is 9.76. The fourth-order valence-corrected chi connectivity index (χ4v) is 6.25. The Bertz CT molecular complexity index is 1290. The zero-order valence-electron chi connectivity index (χ0n) is 20.7. The van der Waals surface area contributed by atoms with Crippen LogP contribution in [0.2, 0.25) is 0 Å². The Morgan fingerprint density at radius 2 is 1.89 bits per heavy atom. The molecular formula is C24H30F3N5O4S. The van der Waals surface area contributed by atoms with E-state index in [0.717, 1.165) is 10.7 Å². The number of rotatable bonds is 6. The molecule has 202 valence electrons. The average molecular weight is 542 g/mol. The van der Waals surface area contributed by atoms with Crippen LogP contribution in [0, 0.1) is 5.92 Å². The van der Waals surface area contributed by atoms with Crippen molar-refractivity contribution in [1.29, 1.82) is 0 Å². The number of carbonyl (C=O) groups is 1. The number of carbonyl (C=O) groups excluding carboxylic acids is 1. The Balaban J connectivity index is 1.76. The van der Waals surface area contributed by atoms with E-state index in [2.05, 4.69) is 14.4 Å². The fraction of sp³-hybridized carbons (Fsp3) is 0.500. The van der Waals surface area contributed by atoms with E-state index in [1.165, 1.54) is 30.3 Å². The molecule has 2 aliphatic heterocycles. The van der Waals surface area contributed by atoms with Gasteiger partial charge in [-0.25, -0.2) is 9.71 Å². The summed E-state index contributed by atoms with van der Waals surface area (Å²) in [6, 6.07) is 8.02. The standard InChI is InChI=1S/C24H30F3N5O4S/c1-15-12-23(2,3)32(13-15)21-18(22(33)30-37(34,35)31-11-10-16(28)14-31)8-9-19(29-21)17-6-4-5-7-20(17)36-24(25,26)27/h4-9,15-16H,10-14,28H2,1-3H3,(H,30,33)/t15-,16-/m0/s1. The number of benzene rings is 1. The number of ether oxygens (including phenoxy) is 1. The van der Waals surface area contributed by atoms with Gasteiger partial charge in [0.15, 0.2) is 0 Å². The van der Waals surface area contributed by atoms with Crippen LogP contribution in [0.3, 0.4) is 0 Å². The van der Waals surface area contributed by atoms with Crippen LogP contribution in [0.15, 0.2) is 36.4 Å². The summed E-state index contributed by atoms with van der Waals surface area (Å²) in [5, 5.41) is 0. The zero-order chi connectivity index (χ0) is 27.2. The van der Waals surface area contributed by atoms with Crippen molar-refractivity contribution in [2.24, 2.45) is 11.7 Å². The first-order valence-corrected chi connectivity index (χ1v) is 13.3. The molecule has 37 heavy (non-hydrogen) atoms. The van der Waals surface area contributed by atoms with Gasteiger partial charge in [0.2, 0.25) is 0 Å². The molecule has 2 atom stereocenters. The number of amides is 1.